The minimum absolute atomic E-state index is 0.103. The van der Waals surface area contributed by atoms with E-state index in [1.165, 1.54) is 11.8 Å². The zero-order valence-corrected chi connectivity index (χ0v) is 22.4. The normalized spacial score (nSPS) is 13.4. The lowest BCUT2D eigenvalue weighted by Crippen LogP contribution is -2.23. The molecule has 200 valence electrons. The summed E-state index contributed by atoms with van der Waals surface area (Å²) in [6.45, 7) is 0.419. The van der Waals surface area contributed by atoms with Crippen molar-refractivity contribution in [3.8, 4) is 5.75 Å². The SMILES string of the molecule is N=C(N)SCCCc1cn(C2=C(c3c[nH]c4ccc(OCc5ccccc5)cc34)C(=O)NC2=O)c2ccccc12. The molecule has 0 aliphatic carbocycles. The number of carbonyl (C=O) groups excluding carboxylic acids is 2. The minimum atomic E-state index is -0.440. The molecule has 1 aliphatic heterocycles. The fourth-order valence-electron chi connectivity index (χ4n) is 5.14. The van der Waals surface area contributed by atoms with Crippen LogP contribution < -0.4 is 15.8 Å². The van der Waals surface area contributed by atoms with E-state index < -0.39 is 11.8 Å². The van der Waals surface area contributed by atoms with Crippen LogP contribution in [0.1, 0.15) is 23.1 Å². The van der Waals surface area contributed by atoms with Gasteiger partial charge in [-0.15, -0.1) is 0 Å². The van der Waals surface area contributed by atoms with E-state index in [-0.39, 0.29) is 5.17 Å². The Morgan fingerprint density at radius 3 is 2.60 bits per heavy atom. The molecule has 3 heterocycles. The number of amidine groups is 1. The first-order valence-corrected chi connectivity index (χ1v) is 13.9. The second-order valence-electron chi connectivity index (χ2n) is 9.55. The summed E-state index contributed by atoms with van der Waals surface area (Å²) >= 11 is 1.31. The van der Waals surface area contributed by atoms with E-state index in [9.17, 15) is 9.59 Å². The Kier molecular flexibility index (Phi) is 6.88. The number of thioether (sulfide) groups is 1. The molecule has 0 unspecified atom stereocenters. The van der Waals surface area contributed by atoms with E-state index in [0.29, 0.717) is 29.2 Å². The van der Waals surface area contributed by atoms with Gasteiger partial charge in [-0.05, 0) is 48.2 Å². The molecule has 0 radical (unpaired) electrons. The van der Waals surface area contributed by atoms with Crippen molar-refractivity contribution in [2.24, 2.45) is 5.73 Å². The maximum Gasteiger partial charge on any atom is 0.275 e. The number of carbonyl (C=O) groups is 2. The first kappa shape index (κ1) is 25.5. The third kappa shape index (κ3) is 4.87. The summed E-state index contributed by atoms with van der Waals surface area (Å²) in [6, 6.07) is 23.5. The standard InChI is InChI=1S/C31H27N5O3S/c32-31(33)40-14-6-9-20-17-36(26-11-5-4-10-22(20)26)28-27(29(37)35-30(28)38)24-16-34-25-13-12-21(15-23(24)25)39-18-19-7-2-1-3-8-19/h1-5,7-8,10-13,15-17,34H,6,9,14,18H2,(H3,32,33)(H,35,37,38). The van der Waals surface area contributed by atoms with Crippen LogP contribution in [0.3, 0.4) is 0 Å². The number of nitrogens with zero attached hydrogens (tertiary/aromatic N) is 1. The van der Waals surface area contributed by atoms with Gasteiger partial charge in [0.25, 0.3) is 11.8 Å². The zero-order valence-electron chi connectivity index (χ0n) is 21.6. The Bertz CT molecular complexity index is 1800. The third-order valence-corrected chi connectivity index (χ3v) is 7.76. The number of nitrogens with two attached hydrogens (primary N) is 1. The number of para-hydroxylation sites is 1. The molecular formula is C31H27N5O3S. The first-order valence-electron chi connectivity index (χ1n) is 12.9. The molecule has 40 heavy (non-hydrogen) atoms. The summed E-state index contributed by atoms with van der Waals surface area (Å²) in [4.78, 5) is 29.7. The molecule has 0 saturated heterocycles. The molecule has 0 bridgehead atoms. The van der Waals surface area contributed by atoms with Crippen LogP contribution in [0.5, 0.6) is 5.75 Å². The summed E-state index contributed by atoms with van der Waals surface area (Å²) < 4.78 is 7.87. The number of aromatic nitrogens is 2. The molecule has 2 amide bonds. The van der Waals surface area contributed by atoms with Crippen LogP contribution in [0.2, 0.25) is 0 Å². The molecule has 8 nitrogen and oxygen atoms in total. The number of nitrogens with one attached hydrogen (secondary N) is 3. The largest absolute Gasteiger partial charge is 0.489 e. The zero-order chi connectivity index (χ0) is 27.6. The second-order valence-corrected chi connectivity index (χ2v) is 10.7. The number of ether oxygens (including phenoxy) is 1. The van der Waals surface area contributed by atoms with Gasteiger partial charge < -0.3 is 20.0 Å². The van der Waals surface area contributed by atoms with E-state index in [1.54, 1.807) is 6.20 Å². The topological polar surface area (TPSA) is 126 Å². The fraction of sp³-hybridized carbons (Fsp3) is 0.129. The summed E-state index contributed by atoms with van der Waals surface area (Å²) in [5.41, 5.74) is 10.5. The first-order chi connectivity index (χ1) is 19.5. The van der Waals surface area contributed by atoms with Crippen molar-refractivity contribution in [2.75, 3.05) is 5.75 Å². The van der Waals surface area contributed by atoms with Crippen LogP contribution in [0.4, 0.5) is 0 Å². The Labute approximate surface area is 234 Å². The van der Waals surface area contributed by atoms with Crippen LogP contribution >= 0.6 is 11.8 Å². The lowest BCUT2D eigenvalue weighted by atomic mass is 10.0. The smallest absolute Gasteiger partial charge is 0.275 e. The van der Waals surface area contributed by atoms with Crippen LogP contribution in [-0.4, -0.2) is 32.3 Å². The molecule has 1 aliphatic rings. The van der Waals surface area contributed by atoms with Gasteiger partial charge in [-0.2, -0.15) is 0 Å². The average molecular weight is 550 g/mol. The van der Waals surface area contributed by atoms with Crippen molar-refractivity contribution in [2.45, 2.75) is 19.4 Å². The highest BCUT2D eigenvalue weighted by molar-refractivity contribution is 8.13. The van der Waals surface area contributed by atoms with Gasteiger partial charge in [-0.3, -0.25) is 20.3 Å². The number of aromatic amines is 1. The van der Waals surface area contributed by atoms with Gasteiger partial charge in [0.05, 0.1) is 11.1 Å². The molecule has 0 atom stereocenters. The number of rotatable bonds is 9. The molecule has 5 aromatic rings. The number of H-pyrrole nitrogens is 1. The van der Waals surface area contributed by atoms with Gasteiger partial charge in [-0.25, -0.2) is 0 Å². The minimum Gasteiger partial charge on any atom is -0.489 e. The maximum atomic E-state index is 13.3. The highest BCUT2D eigenvalue weighted by Crippen LogP contribution is 2.36. The summed E-state index contributed by atoms with van der Waals surface area (Å²) in [7, 11) is 0. The molecule has 6 rings (SSSR count). The molecule has 5 N–H and O–H groups in total. The van der Waals surface area contributed by atoms with Crippen molar-refractivity contribution in [1.82, 2.24) is 14.9 Å². The van der Waals surface area contributed by atoms with Gasteiger partial charge in [-0.1, -0.05) is 60.3 Å². The quantitative estimate of drug-likeness (QED) is 0.0861. The van der Waals surface area contributed by atoms with E-state index in [1.807, 2.05) is 83.6 Å². The van der Waals surface area contributed by atoms with Gasteiger partial charge in [0, 0.05) is 40.0 Å². The average Bonchev–Trinajstić information content (AvgIpc) is 3.62. The molecule has 2 aromatic heterocycles. The third-order valence-electron chi connectivity index (χ3n) is 6.96. The number of imide groups is 1. The number of hydrogen-bond acceptors (Lipinski definition) is 5. The highest BCUT2D eigenvalue weighted by Gasteiger charge is 2.34. The van der Waals surface area contributed by atoms with Crippen molar-refractivity contribution in [3.05, 3.63) is 102 Å². The molecule has 0 spiro atoms. The van der Waals surface area contributed by atoms with E-state index in [4.69, 9.17) is 15.9 Å². The van der Waals surface area contributed by atoms with Crippen LogP contribution in [0, 0.1) is 5.41 Å². The lowest BCUT2D eigenvalue weighted by Gasteiger charge is -2.09. The summed E-state index contributed by atoms with van der Waals surface area (Å²) in [6.07, 6.45) is 5.29. The van der Waals surface area contributed by atoms with Gasteiger partial charge in [0.1, 0.15) is 18.1 Å². The number of fused-ring (bicyclic) bond motifs is 2. The van der Waals surface area contributed by atoms with Gasteiger partial charge >= 0.3 is 0 Å². The summed E-state index contributed by atoms with van der Waals surface area (Å²) in [5.74, 6) is 0.520. The second kappa shape index (κ2) is 10.8. The molecule has 9 heteroatoms. The highest BCUT2D eigenvalue weighted by atomic mass is 32.2. The van der Waals surface area contributed by atoms with Gasteiger partial charge in [0.15, 0.2) is 5.17 Å². The number of benzene rings is 3. The van der Waals surface area contributed by atoms with E-state index in [2.05, 4.69) is 10.3 Å². The molecule has 3 aromatic carbocycles. The predicted molar refractivity (Wildman–Crippen MR) is 160 cm³/mol. The maximum absolute atomic E-state index is 13.3. The Hall–Kier alpha value is -4.76. The number of hydrogen-bond donors (Lipinski definition) is 4. The predicted octanol–water partition coefficient (Wildman–Crippen LogP) is 5.29. The van der Waals surface area contributed by atoms with Gasteiger partial charge in [0.2, 0.25) is 0 Å². The Morgan fingerprint density at radius 2 is 1.77 bits per heavy atom. The number of amides is 2. The molecule has 0 saturated carbocycles. The molecular weight excluding hydrogens is 522 g/mol. The monoisotopic (exact) mass is 549 g/mol. The van der Waals surface area contributed by atoms with E-state index in [0.717, 1.165) is 51.5 Å². The number of aryl methyl sites for hydroxylation is 1. The van der Waals surface area contributed by atoms with Crippen molar-refractivity contribution in [1.29, 1.82) is 5.41 Å². The fourth-order valence-corrected chi connectivity index (χ4v) is 5.65. The molecule has 0 fully saturated rings. The van der Waals surface area contributed by atoms with Crippen molar-refractivity contribution in [3.63, 3.8) is 0 Å². The van der Waals surface area contributed by atoms with Crippen LogP contribution in [0.25, 0.3) is 33.1 Å². The van der Waals surface area contributed by atoms with Crippen molar-refractivity contribution < 1.29 is 14.3 Å². The Morgan fingerprint density at radius 1 is 0.975 bits per heavy atom. The van der Waals surface area contributed by atoms with Crippen LogP contribution in [-0.2, 0) is 22.6 Å². The van der Waals surface area contributed by atoms with Crippen molar-refractivity contribution >= 4 is 61.8 Å². The summed E-state index contributed by atoms with van der Waals surface area (Å²) in [5, 5.41) is 11.9. The Balaban J connectivity index is 1.41. The van der Waals surface area contributed by atoms with E-state index >= 15 is 0 Å². The lowest BCUT2D eigenvalue weighted by molar-refractivity contribution is -0.122. The van der Waals surface area contributed by atoms with Crippen LogP contribution in [0.15, 0.2) is 85.2 Å².